The predicted octanol–water partition coefficient (Wildman–Crippen LogP) is 4.88. The Morgan fingerprint density at radius 1 is 1.10 bits per heavy atom. The van der Waals surface area contributed by atoms with Crippen molar-refractivity contribution in [3.05, 3.63) is 47.4 Å². The van der Waals surface area contributed by atoms with Gasteiger partial charge in [-0.1, -0.05) is 31.5 Å². The SMILES string of the molecule is CCCc1c(C(=O)N(CC)CC)c2ccccc2n2cnc(C(=O)OC(C)(C)C)c12. The van der Waals surface area contributed by atoms with E-state index in [2.05, 4.69) is 11.9 Å². The second kappa shape index (κ2) is 8.46. The summed E-state index contributed by atoms with van der Waals surface area (Å²) in [5.41, 5.74) is 2.66. The van der Waals surface area contributed by atoms with Crippen molar-refractivity contribution in [2.75, 3.05) is 13.1 Å². The molecule has 0 radical (unpaired) electrons. The van der Waals surface area contributed by atoms with Crippen LogP contribution < -0.4 is 0 Å². The first-order valence-corrected chi connectivity index (χ1v) is 10.7. The highest BCUT2D eigenvalue weighted by Gasteiger charge is 2.28. The van der Waals surface area contributed by atoms with Crippen molar-refractivity contribution in [2.45, 2.75) is 60.0 Å². The summed E-state index contributed by atoms with van der Waals surface area (Å²) >= 11 is 0. The maximum absolute atomic E-state index is 13.6. The molecule has 2 heterocycles. The van der Waals surface area contributed by atoms with Gasteiger partial charge in [0.1, 0.15) is 11.9 Å². The van der Waals surface area contributed by atoms with Crippen molar-refractivity contribution >= 4 is 28.3 Å². The Bertz CT molecular complexity index is 1090. The molecule has 30 heavy (non-hydrogen) atoms. The minimum atomic E-state index is -0.630. The molecule has 3 rings (SSSR count). The molecule has 0 N–H and O–H groups in total. The van der Waals surface area contributed by atoms with Crippen LogP contribution >= 0.6 is 0 Å². The molecular formula is C24H31N3O3. The van der Waals surface area contributed by atoms with Gasteiger partial charge in [-0.2, -0.15) is 0 Å². The molecule has 3 aromatic rings. The number of ether oxygens (including phenoxy) is 1. The summed E-state index contributed by atoms with van der Waals surface area (Å²) in [5, 5.41) is 0.874. The average molecular weight is 410 g/mol. The molecule has 6 nitrogen and oxygen atoms in total. The summed E-state index contributed by atoms with van der Waals surface area (Å²) in [6, 6.07) is 7.80. The Balaban J connectivity index is 2.40. The normalized spacial score (nSPS) is 11.8. The molecule has 2 aromatic heterocycles. The fraction of sp³-hybridized carbons (Fsp3) is 0.458. The van der Waals surface area contributed by atoms with Crippen LogP contribution in [0.1, 0.15) is 74.4 Å². The van der Waals surface area contributed by atoms with Crippen LogP contribution in [-0.2, 0) is 11.2 Å². The maximum Gasteiger partial charge on any atom is 0.359 e. The molecule has 0 fully saturated rings. The van der Waals surface area contributed by atoms with Crippen LogP contribution in [0.4, 0.5) is 0 Å². The lowest BCUT2D eigenvalue weighted by Gasteiger charge is -2.23. The smallest absolute Gasteiger partial charge is 0.359 e. The number of fused-ring (bicyclic) bond motifs is 3. The summed E-state index contributed by atoms with van der Waals surface area (Å²) in [6.45, 7) is 12.8. The van der Waals surface area contributed by atoms with E-state index in [1.54, 1.807) is 6.33 Å². The summed E-state index contributed by atoms with van der Waals surface area (Å²) in [5.74, 6) is -0.489. The Kier molecular flexibility index (Phi) is 6.15. The highest BCUT2D eigenvalue weighted by molar-refractivity contribution is 6.11. The van der Waals surface area contributed by atoms with Crippen LogP contribution in [0.2, 0.25) is 0 Å². The van der Waals surface area contributed by atoms with Crippen LogP contribution in [0.15, 0.2) is 30.6 Å². The van der Waals surface area contributed by atoms with Gasteiger partial charge in [0.05, 0.1) is 16.6 Å². The number of hydrogen-bond donors (Lipinski definition) is 0. The van der Waals surface area contributed by atoms with Crippen molar-refractivity contribution in [1.82, 2.24) is 14.3 Å². The van der Waals surface area contributed by atoms with Gasteiger partial charge < -0.3 is 9.64 Å². The zero-order valence-corrected chi connectivity index (χ0v) is 18.8. The number of aromatic nitrogens is 2. The number of benzene rings is 1. The van der Waals surface area contributed by atoms with E-state index in [1.165, 1.54) is 0 Å². The average Bonchev–Trinajstić information content (AvgIpc) is 3.13. The van der Waals surface area contributed by atoms with Crippen LogP contribution in [0, 0.1) is 0 Å². The van der Waals surface area contributed by atoms with E-state index in [1.807, 2.05) is 68.2 Å². The quantitative estimate of drug-likeness (QED) is 0.545. The second-order valence-electron chi connectivity index (χ2n) is 8.41. The van der Waals surface area contributed by atoms with Crippen molar-refractivity contribution in [3.8, 4) is 0 Å². The largest absolute Gasteiger partial charge is 0.455 e. The summed E-state index contributed by atoms with van der Waals surface area (Å²) in [7, 11) is 0. The van der Waals surface area contributed by atoms with Gasteiger partial charge in [0, 0.05) is 18.5 Å². The molecule has 0 saturated carbocycles. The van der Waals surface area contributed by atoms with Crippen LogP contribution in [0.25, 0.3) is 16.4 Å². The zero-order valence-electron chi connectivity index (χ0n) is 18.8. The number of imidazole rings is 1. The molecule has 0 bridgehead atoms. The molecule has 0 atom stereocenters. The van der Waals surface area contributed by atoms with Crippen molar-refractivity contribution in [2.24, 2.45) is 0 Å². The number of rotatable bonds is 6. The van der Waals surface area contributed by atoms with Gasteiger partial charge >= 0.3 is 5.97 Å². The molecule has 160 valence electrons. The number of hydrogen-bond acceptors (Lipinski definition) is 4. The number of carbonyl (C=O) groups is 2. The number of esters is 1. The first-order valence-electron chi connectivity index (χ1n) is 10.7. The van der Waals surface area contributed by atoms with Gasteiger partial charge in [0.25, 0.3) is 5.91 Å². The Labute approximate surface area is 177 Å². The van der Waals surface area contributed by atoms with Crippen LogP contribution in [0.5, 0.6) is 0 Å². The van der Waals surface area contributed by atoms with E-state index in [4.69, 9.17) is 4.74 Å². The highest BCUT2D eigenvalue weighted by atomic mass is 16.6. The third kappa shape index (κ3) is 3.91. The van der Waals surface area contributed by atoms with E-state index in [0.29, 0.717) is 30.6 Å². The lowest BCUT2D eigenvalue weighted by atomic mass is 9.96. The molecule has 6 heteroatoms. The molecule has 0 aliphatic rings. The zero-order chi connectivity index (χ0) is 22.1. The van der Waals surface area contributed by atoms with Crippen LogP contribution in [0.3, 0.4) is 0 Å². The van der Waals surface area contributed by atoms with Gasteiger partial charge in [0.2, 0.25) is 0 Å². The summed E-state index contributed by atoms with van der Waals surface area (Å²) in [6.07, 6.45) is 3.16. The fourth-order valence-electron chi connectivity index (χ4n) is 3.88. The first-order chi connectivity index (χ1) is 14.2. The Hall–Kier alpha value is -2.89. The Morgan fingerprint density at radius 2 is 1.77 bits per heavy atom. The van der Waals surface area contributed by atoms with Gasteiger partial charge in [-0.25, -0.2) is 9.78 Å². The minimum absolute atomic E-state index is 0.0153. The van der Waals surface area contributed by atoms with E-state index in [-0.39, 0.29) is 11.6 Å². The van der Waals surface area contributed by atoms with Gasteiger partial charge in [0.15, 0.2) is 5.69 Å². The molecular weight excluding hydrogens is 378 g/mol. The van der Waals surface area contributed by atoms with Gasteiger partial charge in [-0.15, -0.1) is 0 Å². The molecule has 0 unspecified atom stereocenters. The molecule has 0 spiro atoms. The summed E-state index contributed by atoms with van der Waals surface area (Å²) in [4.78, 5) is 32.8. The predicted molar refractivity (Wildman–Crippen MR) is 119 cm³/mol. The van der Waals surface area contributed by atoms with Crippen molar-refractivity contribution in [1.29, 1.82) is 0 Å². The van der Waals surface area contributed by atoms with Gasteiger partial charge in [-0.05, 0) is 52.7 Å². The summed E-state index contributed by atoms with van der Waals surface area (Å²) < 4.78 is 7.53. The van der Waals surface area contributed by atoms with E-state index >= 15 is 0 Å². The van der Waals surface area contributed by atoms with E-state index in [0.717, 1.165) is 22.9 Å². The lowest BCUT2D eigenvalue weighted by Crippen LogP contribution is -2.31. The molecule has 0 saturated heterocycles. The third-order valence-electron chi connectivity index (χ3n) is 5.14. The molecule has 1 aromatic carbocycles. The van der Waals surface area contributed by atoms with Crippen LogP contribution in [-0.4, -0.2) is 44.9 Å². The number of carbonyl (C=O) groups excluding carboxylic acids is 2. The molecule has 0 aliphatic carbocycles. The van der Waals surface area contributed by atoms with Crippen molar-refractivity contribution in [3.63, 3.8) is 0 Å². The van der Waals surface area contributed by atoms with E-state index < -0.39 is 11.6 Å². The number of amides is 1. The van der Waals surface area contributed by atoms with E-state index in [9.17, 15) is 9.59 Å². The fourth-order valence-corrected chi connectivity index (χ4v) is 3.88. The first kappa shape index (κ1) is 21.8. The number of aryl methyl sites for hydroxylation is 1. The lowest BCUT2D eigenvalue weighted by molar-refractivity contribution is 0.00655. The number of para-hydroxylation sites is 1. The minimum Gasteiger partial charge on any atom is -0.455 e. The second-order valence-corrected chi connectivity index (χ2v) is 8.41. The topological polar surface area (TPSA) is 63.9 Å². The van der Waals surface area contributed by atoms with Gasteiger partial charge in [-0.3, -0.25) is 9.20 Å². The monoisotopic (exact) mass is 409 g/mol. The standard InChI is InChI=1S/C24H31N3O3/c1-7-12-17-19(22(28)26(8-2)9-3)16-13-10-11-14-18(16)27-15-25-20(21(17)27)23(29)30-24(4,5)6/h10-11,13-15H,7-9,12H2,1-6H3. The Morgan fingerprint density at radius 3 is 2.37 bits per heavy atom. The maximum atomic E-state index is 13.6. The number of pyridine rings is 1. The van der Waals surface area contributed by atoms with Crippen molar-refractivity contribution < 1.29 is 14.3 Å². The number of nitrogens with zero attached hydrogens (tertiary/aromatic N) is 3. The third-order valence-corrected chi connectivity index (χ3v) is 5.14. The molecule has 1 amide bonds. The highest BCUT2D eigenvalue weighted by Crippen LogP contribution is 2.31. The molecule has 0 aliphatic heterocycles.